The Balaban J connectivity index is 0.000000262. The highest BCUT2D eigenvalue weighted by molar-refractivity contribution is 5.93. The van der Waals surface area contributed by atoms with Crippen molar-refractivity contribution in [3.8, 4) is 11.5 Å². The molecule has 212 valence electrons. The van der Waals surface area contributed by atoms with E-state index >= 15 is 0 Å². The van der Waals surface area contributed by atoms with Crippen LogP contribution >= 0.6 is 0 Å². The summed E-state index contributed by atoms with van der Waals surface area (Å²) in [6, 6.07) is 24.0. The number of aromatic carboxylic acids is 2. The highest BCUT2D eigenvalue weighted by Gasteiger charge is 2.11. The summed E-state index contributed by atoms with van der Waals surface area (Å²) in [5, 5.41) is 17.5. The lowest BCUT2D eigenvalue weighted by atomic mass is 10.2. The maximum atomic E-state index is 11.8. The van der Waals surface area contributed by atoms with Gasteiger partial charge in [0.2, 0.25) is 0 Å². The van der Waals surface area contributed by atoms with Crippen molar-refractivity contribution in [1.29, 1.82) is 0 Å². The molecule has 0 saturated heterocycles. The molecule has 4 aromatic rings. The summed E-state index contributed by atoms with van der Waals surface area (Å²) in [5.74, 6) is -2.61. The topological polar surface area (TPSA) is 179 Å². The van der Waals surface area contributed by atoms with Gasteiger partial charge in [0.25, 0.3) is 0 Å². The maximum Gasteiger partial charge on any atom is 0.343 e. The van der Waals surface area contributed by atoms with Gasteiger partial charge < -0.3 is 31.2 Å². The monoisotopic (exact) mass is 558 g/mol. The molecule has 0 aliphatic rings. The van der Waals surface area contributed by atoms with Crippen molar-refractivity contribution in [2.24, 2.45) is 0 Å². The molecule has 0 aliphatic heterocycles. The highest BCUT2D eigenvalue weighted by Crippen LogP contribution is 2.17. The van der Waals surface area contributed by atoms with E-state index in [2.05, 4.69) is 13.8 Å². The van der Waals surface area contributed by atoms with Crippen LogP contribution in [0.3, 0.4) is 0 Å². The first-order valence-corrected chi connectivity index (χ1v) is 12.4. The maximum absolute atomic E-state index is 11.8. The summed E-state index contributed by atoms with van der Waals surface area (Å²) in [4.78, 5) is 44.9. The fraction of sp³-hybridized carbons (Fsp3) is 0.0968. The first-order valence-electron chi connectivity index (χ1n) is 12.4. The van der Waals surface area contributed by atoms with E-state index in [1.54, 1.807) is 36.4 Å². The van der Waals surface area contributed by atoms with E-state index in [9.17, 15) is 19.2 Å². The molecule has 4 aromatic carbocycles. The summed E-state index contributed by atoms with van der Waals surface area (Å²) < 4.78 is 10.2. The van der Waals surface area contributed by atoms with Gasteiger partial charge in [-0.1, -0.05) is 32.4 Å². The standard InChI is InChI=1S/2C14H11NO4.C3H8/c2*15-11-3-1-2-10(8-11)14(18)19-12-6-4-9(5-7-12)13(16)17;1-3-2/h2*1-8H,15H2,(H,16,17);3H2,1-2H3. The van der Waals surface area contributed by atoms with E-state index < -0.39 is 23.9 Å². The Bertz CT molecular complexity index is 1370. The minimum Gasteiger partial charge on any atom is -0.478 e. The molecule has 0 atom stereocenters. The molecule has 0 aliphatic carbocycles. The third-order valence-electron chi connectivity index (χ3n) is 4.87. The Labute approximate surface area is 236 Å². The Hall–Kier alpha value is -5.64. The molecule has 4 rings (SSSR count). The molecule has 10 nitrogen and oxygen atoms in total. The number of carbonyl (C=O) groups is 4. The van der Waals surface area contributed by atoms with Crippen LogP contribution in [0.4, 0.5) is 11.4 Å². The second kappa shape index (κ2) is 15.7. The molecule has 0 spiro atoms. The highest BCUT2D eigenvalue weighted by atomic mass is 16.5. The first kappa shape index (κ1) is 31.6. The van der Waals surface area contributed by atoms with Crippen molar-refractivity contribution in [2.45, 2.75) is 20.3 Å². The number of carbonyl (C=O) groups excluding carboxylic acids is 2. The summed E-state index contributed by atoms with van der Waals surface area (Å²) in [7, 11) is 0. The summed E-state index contributed by atoms with van der Waals surface area (Å²) in [6.07, 6.45) is 1.25. The number of hydrogen-bond acceptors (Lipinski definition) is 8. The Morgan fingerprint density at radius 2 is 0.878 bits per heavy atom. The predicted molar refractivity (Wildman–Crippen MR) is 154 cm³/mol. The number of carboxylic acids is 2. The zero-order valence-corrected chi connectivity index (χ0v) is 22.4. The van der Waals surface area contributed by atoms with Crippen molar-refractivity contribution >= 4 is 35.3 Å². The minimum absolute atomic E-state index is 0.128. The molecule has 0 radical (unpaired) electrons. The van der Waals surface area contributed by atoms with Gasteiger partial charge in [0.05, 0.1) is 22.3 Å². The quantitative estimate of drug-likeness (QED) is 0.129. The molecule has 0 fully saturated rings. The molecule has 41 heavy (non-hydrogen) atoms. The Morgan fingerprint density at radius 1 is 0.561 bits per heavy atom. The van der Waals surface area contributed by atoms with Crippen LogP contribution in [0, 0.1) is 0 Å². The third-order valence-corrected chi connectivity index (χ3v) is 4.87. The molecule has 0 bridgehead atoms. The van der Waals surface area contributed by atoms with Gasteiger partial charge in [-0.3, -0.25) is 0 Å². The van der Waals surface area contributed by atoms with E-state index in [1.807, 2.05) is 0 Å². The van der Waals surface area contributed by atoms with Crippen molar-refractivity contribution in [3.05, 3.63) is 119 Å². The fourth-order valence-electron chi connectivity index (χ4n) is 2.99. The van der Waals surface area contributed by atoms with Gasteiger partial charge in [0.15, 0.2) is 0 Å². The van der Waals surface area contributed by atoms with Crippen LogP contribution in [0.1, 0.15) is 61.7 Å². The smallest absolute Gasteiger partial charge is 0.343 e. The minimum atomic E-state index is -1.03. The average Bonchev–Trinajstić information content (AvgIpc) is 2.94. The summed E-state index contributed by atoms with van der Waals surface area (Å²) in [6.45, 7) is 4.25. The number of ether oxygens (including phenoxy) is 2. The van der Waals surface area contributed by atoms with Crippen LogP contribution in [-0.2, 0) is 0 Å². The molecular weight excluding hydrogens is 528 g/mol. The van der Waals surface area contributed by atoms with Gasteiger partial charge in [-0.25, -0.2) is 19.2 Å². The zero-order valence-electron chi connectivity index (χ0n) is 22.4. The van der Waals surface area contributed by atoms with Crippen LogP contribution in [0.5, 0.6) is 11.5 Å². The van der Waals surface area contributed by atoms with Crippen LogP contribution in [0.2, 0.25) is 0 Å². The van der Waals surface area contributed by atoms with Crippen LogP contribution in [0.15, 0.2) is 97.1 Å². The number of hydrogen-bond donors (Lipinski definition) is 4. The summed E-state index contributed by atoms with van der Waals surface area (Å²) in [5.41, 5.74) is 13.0. The second-order valence-corrected chi connectivity index (χ2v) is 8.40. The lowest BCUT2D eigenvalue weighted by Crippen LogP contribution is -2.09. The van der Waals surface area contributed by atoms with Crippen molar-refractivity contribution < 1.29 is 38.9 Å². The normalized spacial score (nSPS) is 9.61. The number of esters is 2. The molecule has 10 heteroatoms. The van der Waals surface area contributed by atoms with Crippen molar-refractivity contribution in [2.75, 3.05) is 11.5 Å². The third kappa shape index (κ3) is 10.6. The Kier molecular flexibility index (Phi) is 12.1. The van der Waals surface area contributed by atoms with E-state index in [0.717, 1.165) is 0 Å². The largest absolute Gasteiger partial charge is 0.478 e. The molecule has 0 saturated carbocycles. The number of anilines is 2. The molecule has 0 amide bonds. The SMILES string of the molecule is CCC.Nc1cccc(C(=O)Oc2ccc(C(=O)O)cc2)c1.Nc1cccc(C(=O)Oc2ccc(C(=O)O)cc2)c1. The second-order valence-electron chi connectivity index (χ2n) is 8.40. The van der Waals surface area contributed by atoms with E-state index in [-0.39, 0.29) is 22.6 Å². The summed E-state index contributed by atoms with van der Waals surface area (Å²) >= 11 is 0. The molecule has 0 aromatic heterocycles. The Morgan fingerprint density at radius 3 is 1.15 bits per heavy atom. The number of carboxylic acid groups (broad SMARTS) is 2. The van der Waals surface area contributed by atoms with Crippen LogP contribution < -0.4 is 20.9 Å². The fourth-order valence-corrected chi connectivity index (χ4v) is 2.99. The van der Waals surface area contributed by atoms with E-state index in [1.165, 1.54) is 67.1 Å². The zero-order chi connectivity index (χ0) is 30.4. The van der Waals surface area contributed by atoms with Gasteiger partial charge in [-0.05, 0) is 84.9 Å². The first-order chi connectivity index (χ1) is 19.5. The number of benzene rings is 4. The molecular formula is C31H30N2O8. The number of nitrogens with two attached hydrogens (primary N) is 2. The number of nitrogen functional groups attached to an aromatic ring is 2. The lowest BCUT2D eigenvalue weighted by molar-refractivity contribution is 0.0685. The number of rotatable bonds is 6. The van der Waals surface area contributed by atoms with E-state index in [4.69, 9.17) is 31.2 Å². The van der Waals surface area contributed by atoms with Gasteiger partial charge in [0.1, 0.15) is 11.5 Å². The van der Waals surface area contributed by atoms with Gasteiger partial charge in [-0.2, -0.15) is 0 Å². The van der Waals surface area contributed by atoms with Gasteiger partial charge >= 0.3 is 23.9 Å². The van der Waals surface area contributed by atoms with Crippen molar-refractivity contribution in [3.63, 3.8) is 0 Å². The molecule has 0 unspecified atom stereocenters. The molecule has 0 heterocycles. The van der Waals surface area contributed by atoms with Gasteiger partial charge in [0, 0.05) is 11.4 Å². The average molecular weight is 559 g/mol. The lowest BCUT2D eigenvalue weighted by Gasteiger charge is -2.05. The predicted octanol–water partition coefficient (Wildman–Crippen LogP) is 5.79. The van der Waals surface area contributed by atoms with Crippen molar-refractivity contribution in [1.82, 2.24) is 0 Å². The molecule has 6 N–H and O–H groups in total. The van der Waals surface area contributed by atoms with E-state index in [0.29, 0.717) is 22.5 Å². The van der Waals surface area contributed by atoms with Gasteiger partial charge in [-0.15, -0.1) is 0 Å². The van der Waals surface area contributed by atoms with Crippen LogP contribution in [-0.4, -0.2) is 34.1 Å². The van der Waals surface area contributed by atoms with Crippen LogP contribution in [0.25, 0.3) is 0 Å².